The highest BCUT2D eigenvalue weighted by atomic mass is 16.2. The number of rotatable bonds is 17. The Kier molecular flexibility index (Phi) is 13.5. The van der Waals surface area contributed by atoms with Crippen molar-refractivity contribution in [3.63, 3.8) is 0 Å². The van der Waals surface area contributed by atoms with Gasteiger partial charge in [0.15, 0.2) is 0 Å². The van der Waals surface area contributed by atoms with Crippen LogP contribution in [0.1, 0.15) is 70.4 Å². The molecule has 0 aromatic heterocycles. The van der Waals surface area contributed by atoms with Gasteiger partial charge in [0.2, 0.25) is 0 Å². The van der Waals surface area contributed by atoms with Crippen LogP contribution in [0, 0.1) is 0 Å². The lowest BCUT2D eigenvalue weighted by Gasteiger charge is -2.40. The number of carbonyl (C=O) groups excluding carboxylic acids is 2. The summed E-state index contributed by atoms with van der Waals surface area (Å²) in [5.41, 5.74) is 9.81. The van der Waals surface area contributed by atoms with E-state index in [0.717, 1.165) is 52.4 Å². The molecule has 11 heteroatoms. The van der Waals surface area contributed by atoms with Crippen LogP contribution in [0.5, 0.6) is 0 Å². The van der Waals surface area contributed by atoms with Crippen LogP contribution in [0.4, 0.5) is 0 Å². The van der Waals surface area contributed by atoms with E-state index in [4.69, 9.17) is 5.73 Å². The summed E-state index contributed by atoms with van der Waals surface area (Å²) in [7, 11) is 0. The summed E-state index contributed by atoms with van der Waals surface area (Å²) in [4.78, 5) is 38.2. The molecule has 49 heavy (non-hydrogen) atoms. The molecule has 4 fully saturated rings. The SMILES string of the molecule is NCCN(CCNCCNC(=O)c1ccc(CN2CCCN3CCCC32)cc1)CCNC(=O)c1ccc(CN2CCCN3CCCC32)cc1. The molecule has 2 atom stereocenters. The molecule has 2 amide bonds. The fraction of sp³-hybridized carbons (Fsp3) is 0.632. The van der Waals surface area contributed by atoms with E-state index in [1.807, 2.05) is 24.3 Å². The Labute approximate surface area is 293 Å². The average molecular weight is 674 g/mol. The largest absolute Gasteiger partial charge is 0.351 e. The topological polar surface area (TPSA) is 112 Å². The Morgan fingerprint density at radius 3 is 1.63 bits per heavy atom. The predicted octanol–water partition coefficient (Wildman–Crippen LogP) is 1.95. The van der Waals surface area contributed by atoms with Gasteiger partial charge in [-0.25, -0.2) is 0 Å². The van der Waals surface area contributed by atoms with Crippen molar-refractivity contribution in [2.75, 3.05) is 91.6 Å². The molecular formula is C38H59N9O2. The van der Waals surface area contributed by atoms with Crippen molar-refractivity contribution in [1.29, 1.82) is 0 Å². The lowest BCUT2D eigenvalue weighted by Crippen LogP contribution is -2.49. The van der Waals surface area contributed by atoms with Gasteiger partial charge in [-0.1, -0.05) is 24.3 Å². The zero-order valence-electron chi connectivity index (χ0n) is 29.5. The summed E-state index contributed by atoms with van der Waals surface area (Å²) >= 11 is 0. The molecule has 0 aliphatic carbocycles. The minimum Gasteiger partial charge on any atom is -0.351 e. The van der Waals surface area contributed by atoms with E-state index >= 15 is 0 Å². The molecule has 11 nitrogen and oxygen atoms in total. The van der Waals surface area contributed by atoms with Gasteiger partial charge in [0.25, 0.3) is 11.8 Å². The Balaban J connectivity index is 0.832. The van der Waals surface area contributed by atoms with Crippen LogP contribution in [0.2, 0.25) is 0 Å². The number of hydrogen-bond donors (Lipinski definition) is 4. The van der Waals surface area contributed by atoms with E-state index in [0.29, 0.717) is 49.6 Å². The van der Waals surface area contributed by atoms with Crippen LogP contribution >= 0.6 is 0 Å². The first-order valence-electron chi connectivity index (χ1n) is 18.9. The fourth-order valence-electron chi connectivity index (χ4n) is 8.25. The summed E-state index contributed by atoms with van der Waals surface area (Å²) in [5.74, 6) is -0.0732. The van der Waals surface area contributed by atoms with Gasteiger partial charge in [0, 0.05) is 103 Å². The molecule has 4 aliphatic heterocycles. The second kappa shape index (κ2) is 18.4. The summed E-state index contributed by atoms with van der Waals surface area (Å²) in [6.07, 6.45) is 8.79. The van der Waals surface area contributed by atoms with Crippen molar-refractivity contribution in [3.8, 4) is 0 Å². The molecular weight excluding hydrogens is 614 g/mol. The zero-order valence-corrected chi connectivity index (χ0v) is 29.5. The smallest absolute Gasteiger partial charge is 0.251 e. The summed E-state index contributed by atoms with van der Waals surface area (Å²) < 4.78 is 0. The number of nitrogens with two attached hydrogens (primary N) is 1. The molecule has 4 heterocycles. The number of benzene rings is 2. The molecule has 268 valence electrons. The third-order valence-electron chi connectivity index (χ3n) is 10.8. The van der Waals surface area contributed by atoms with Crippen LogP contribution in [-0.2, 0) is 13.1 Å². The van der Waals surface area contributed by atoms with E-state index in [1.165, 1.54) is 75.8 Å². The number of amides is 2. The van der Waals surface area contributed by atoms with Crippen molar-refractivity contribution in [2.45, 2.75) is 63.9 Å². The van der Waals surface area contributed by atoms with E-state index in [9.17, 15) is 9.59 Å². The average Bonchev–Trinajstić information content (AvgIpc) is 3.82. The van der Waals surface area contributed by atoms with Crippen LogP contribution in [0.3, 0.4) is 0 Å². The minimum absolute atomic E-state index is 0.0363. The zero-order chi connectivity index (χ0) is 33.8. The van der Waals surface area contributed by atoms with Gasteiger partial charge in [-0.05, 0) is 87.0 Å². The van der Waals surface area contributed by atoms with Crippen molar-refractivity contribution in [3.05, 3.63) is 70.8 Å². The highest BCUT2D eigenvalue weighted by Crippen LogP contribution is 2.27. The Bertz CT molecular complexity index is 1320. The summed E-state index contributed by atoms with van der Waals surface area (Å²) in [6, 6.07) is 16.2. The van der Waals surface area contributed by atoms with E-state index < -0.39 is 0 Å². The second-order valence-corrected chi connectivity index (χ2v) is 14.3. The quantitative estimate of drug-likeness (QED) is 0.187. The van der Waals surface area contributed by atoms with Gasteiger partial charge in [0.1, 0.15) is 0 Å². The highest BCUT2D eigenvalue weighted by Gasteiger charge is 2.33. The first kappa shape index (κ1) is 35.9. The fourth-order valence-corrected chi connectivity index (χ4v) is 8.25. The highest BCUT2D eigenvalue weighted by molar-refractivity contribution is 5.94. The monoisotopic (exact) mass is 673 g/mol. The van der Waals surface area contributed by atoms with Gasteiger partial charge in [0.05, 0.1) is 12.3 Å². The molecule has 0 bridgehead atoms. The molecule has 2 aromatic carbocycles. The van der Waals surface area contributed by atoms with E-state index in [2.05, 4.69) is 64.7 Å². The van der Waals surface area contributed by atoms with E-state index in [-0.39, 0.29) is 11.8 Å². The molecule has 6 rings (SSSR count). The van der Waals surface area contributed by atoms with Crippen LogP contribution in [0.25, 0.3) is 0 Å². The Morgan fingerprint density at radius 2 is 1.10 bits per heavy atom. The molecule has 4 saturated heterocycles. The standard InChI is InChI=1S/C38H59N9O2/c39-15-26-43(28-19-42-38(49)34-13-9-32(10-14-34)30-47-25-4-23-45-21-2-6-36(45)47)27-18-40-16-17-41-37(48)33-11-7-31(8-12-33)29-46-24-3-22-44-20-1-5-35(44)46/h7-14,35-36,40H,1-6,15-30,39H2,(H,41,48)(H,42,49). The van der Waals surface area contributed by atoms with Gasteiger partial charge >= 0.3 is 0 Å². The molecule has 2 unspecified atom stereocenters. The maximum absolute atomic E-state index is 12.8. The maximum Gasteiger partial charge on any atom is 0.251 e. The molecule has 4 aliphatic rings. The van der Waals surface area contributed by atoms with Crippen molar-refractivity contribution < 1.29 is 9.59 Å². The van der Waals surface area contributed by atoms with Gasteiger partial charge in [-0.2, -0.15) is 0 Å². The Hall–Kier alpha value is -2.90. The van der Waals surface area contributed by atoms with Gasteiger partial charge in [-0.3, -0.25) is 34.1 Å². The lowest BCUT2D eigenvalue weighted by molar-refractivity contribution is 0.0287. The maximum atomic E-state index is 12.8. The number of hydrogen-bond acceptors (Lipinski definition) is 9. The van der Waals surface area contributed by atoms with Gasteiger partial charge in [-0.15, -0.1) is 0 Å². The Morgan fingerprint density at radius 1 is 0.612 bits per heavy atom. The third kappa shape index (κ3) is 10.1. The molecule has 0 spiro atoms. The molecule has 2 aromatic rings. The molecule has 5 N–H and O–H groups in total. The van der Waals surface area contributed by atoms with Gasteiger partial charge < -0.3 is 21.7 Å². The predicted molar refractivity (Wildman–Crippen MR) is 195 cm³/mol. The van der Waals surface area contributed by atoms with Crippen LogP contribution in [-0.4, -0.2) is 140 Å². The number of carbonyl (C=O) groups is 2. The minimum atomic E-state index is -0.0369. The van der Waals surface area contributed by atoms with Crippen molar-refractivity contribution >= 4 is 11.8 Å². The number of nitrogens with zero attached hydrogens (tertiary/aromatic N) is 5. The first-order valence-corrected chi connectivity index (χ1v) is 18.9. The lowest BCUT2D eigenvalue weighted by atomic mass is 10.1. The molecule has 0 saturated carbocycles. The van der Waals surface area contributed by atoms with Crippen LogP contribution < -0.4 is 21.7 Å². The van der Waals surface area contributed by atoms with Crippen molar-refractivity contribution in [1.82, 2.24) is 40.4 Å². The third-order valence-corrected chi connectivity index (χ3v) is 10.8. The molecule has 0 radical (unpaired) electrons. The van der Waals surface area contributed by atoms with Crippen molar-refractivity contribution in [2.24, 2.45) is 5.73 Å². The number of fused-ring (bicyclic) bond motifs is 2. The van der Waals surface area contributed by atoms with E-state index in [1.54, 1.807) is 0 Å². The normalized spacial score (nSPS) is 21.9. The number of nitrogens with one attached hydrogen (secondary N) is 3. The first-order chi connectivity index (χ1) is 24.1. The summed E-state index contributed by atoms with van der Waals surface area (Å²) in [6.45, 7) is 14.6. The second-order valence-electron chi connectivity index (χ2n) is 14.3. The summed E-state index contributed by atoms with van der Waals surface area (Å²) in [5, 5.41) is 9.54. The van der Waals surface area contributed by atoms with Crippen LogP contribution in [0.15, 0.2) is 48.5 Å².